The van der Waals surface area contributed by atoms with Crippen molar-refractivity contribution in [3.63, 3.8) is 0 Å². The molecule has 0 saturated carbocycles. The van der Waals surface area contributed by atoms with Crippen molar-refractivity contribution in [2.24, 2.45) is 0 Å². The van der Waals surface area contributed by atoms with Crippen LogP contribution in [0.2, 0.25) is 10.0 Å². The maximum Gasteiger partial charge on any atom is 0.342 e. The largest absolute Gasteiger partial charge is 0.496 e. The van der Waals surface area contributed by atoms with Crippen LogP contribution < -0.4 is 18.9 Å². The molecule has 0 amide bonds. The van der Waals surface area contributed by atoms with Crippen LogP contribution in [0.25, 0.3) is 0 Å². The number of hydrogen-bond acceptors (Lipinski definition) is 6. The third-order valence-electron chi connectivity index (χ3n) is 3.41. The van der Waals surface area contributed by atoms with Crippen LogP contribution in [0.3, 0.4) is 0 Å². The van der Waals surface area contributed by atoms with Gasteiger partial charge >= 0.3 is 5.97 Å². The zero-order chi connectivity index (χ0) is 19.1. The molecule has 0 saturated heterocycles. The van der Waals surface area contributed by atoms with Gasteiger partial charge in [0.15, 0.2) is 17.2 Å². The average Bonchev–Trinajstić information content (AvgIpc) is 2.65. The van der Waals surface area contributed by atoms with Gasteiger partial charge in [-0.15, -0.1) is 0 Å². The number of methoxy groups -OCH3 is 3. The van der Waals surface area contributed by atoms with Gasteiger partial charge in [0.2, 0.25) is 0 Å². The van der Waals surface area contributed by atoms with Crippen molar-refractivity contribution in [2.75, 3.05) is 34.5 Å². The fourth-order valence-electron chi connectivity index (χ4n) is 2.16. The predicted molar refractivity (Wildman–Crippen MR) is 98.3 cm³/mol. The Morgan fingerprint density at radius 1 is 0.885 bits per heavy atom. The fourth-order valence-corrected chi connectivity index (χ4v) is 2.67. The lowest BCUT2D eigenvalue weighted by molar-refractivity contribution is 0.0446. The molecule has 2 aromatic rings. The Balaban J connectivity index is 2.01. The Hall–Kier alpha value is -2.31. The molecule has 26 heavy (non-hydrogen) atoms. The van der Waals surface area contributed by atoms with Crippen LogP contribution in [0.1, 0.15) is 10.4 Å². The van der Waals surface area contributed by atoms with Crippen LogP contribution in [0.5, 0.6) is 23.0 Å². The van der Waals surface area contributed by atoms with Crippen LogP contribution in [0.15, 0.2) is 30.3 Å². The molecule has 0 bridgehead atoms. The molecule has 0 unspecified atom stereocenters. The Kier molecular flexibility index (Phi) is 7.24. The summed E-state index contributed by atoms with van der Waals surface area (Å²) in [4.78, 5) is 12.3. The lowest BCUT2D eigenvalue weighted by atomic mass is 10.1. The molecule has 6 nitrogen and oxygen atoms in total. The summed E-state index contributed by atoms with van der Waals surface area (Å²) in [6.07, 6.45) is 0. The molecule has 8 heteroatoms. The zero-order valence-electron chi connectivity index (χ0n) is 14.5. The number of esters is 1. The molecular formula is C18H18Cl2O6. The van der Waals surface area contributed by atoms with Gasteiger partial charge in [-0.3, -0.25) is 0 Å². The van der Waals surface area contributed by atoms with Crippen LogP contribution in [0.4, 0.5) is 0 Å². The zero-order valence-corrected chi connectivity index (χ0v) is 16.0. The Labute approximate surface area is 161 Å². The van der Waals surface area contributed by atoms with E-state index in [1.54, 1.807) is 24.3 Å². The highest BCUT2D eigenvalue weighted by Gasteiger charge is 2.19. The van der Waals surface area contributed by atoms with Gasteiger partial charge in [-0.25, -0.2) is 4.79 Å². The molecule has 0 aromatic heterocycles. The first kappa shape index (κ1) is 20.0. The average molecular weight is 401 g/mol. The first-order valence-electron chi connectivity index (χ1n) is 7.55. The summed E-state index contributed by atoms with van der Waals surface area (Å²) in [5, 5.41) is 0.760. The first-order valence-corrected chi connectivity index (χ1v) is 8.31. The van der Waals surface area contributed by atoms with Crippen LogP contribution in [-0.2, 0) is 4.74 Å². The molecule has 140 valence electrons. The quantitative estimate of drug-likeness (QED) is 0.487. The maximum atomic E-state index is 12.3. The van der Waals surface area contributed by atoms with Gasteiger partial charge in [0.05, 0.1) is 31.4 Å². The number of para-hydroxylation sites is 1. The van der Waals surface area contributed by atoms with Crippen molar-refractivity contribution in [1.82, 2.24) is 0 Å². The molecular weight excluding hydrogens is 383 g/mol. The number of halogens is 2. The van der Waals surface area contributed by atoms with E-state index in [1.807, 2.05) is 0 Å². The Morgan fingerprint density at radius 2 is 1.46 bits per heavy atom. The molecule has 0 fully saturated rings. The van der Waals surface area contributed by atoms with Crippen molar-refractivity contribution in [1.29, 1.82) is 0 Å². The van der Waals surface area contributed by atoms with Gasteiger partial charge in [0, 0.05) is 12.1 Å². The van der Waals surface area contributed by atoms with Crippen molar-refractivity contribution >= 4 is 29.2 Å². The van der Waals surface area contributed by atoms with Crippen LogP contribution >= 0.6 is 23.2 Å². The lowest BCUT2D eigenvalue weighted by Gasteiger charge is -2.14. The highest BCUT2D eigenvalue weighted by molar-refractivity contribution is 6.37. The topological polar surface area (TPSA) is 63.2 Å². The minimum atomic E-state index is -0.586. The summed E-state index contributed by atoms with van der Waals surface area (Å²) in [7, 11) is 4.41. The summed E-state index contributed by atoms with van der Waals surface area (Å²) in [5.41, 5.74) is 0.209. The third kappa shape index (κ3) is 4.65. The van der Waals surface area contributed by atoms with Gasteiger partial charge in [0.25, 0.3) is 0 Å². The second-order valence-electron chi connectivity index (χ2n) is 4.94. The number of rotatable bonds is 8. The minimum Gasteiger partial charge on any atom is -0.496 e. The van der Waals surface area contributed by atoms with Gasteiger partial charge in [-0.05, 0) is 12.1 Å². The Morgan fingerprint density at radius 3 is 2.04 bits per heavy atom. The highest BCUT2D eigenvalue weighted by atomic mass is 35.5. The minimum absolute atomic E-state index is 0.00210. The molecule has 0 heterocycles. The van der Waals surface area contributed by atoms with E-state index < -0.39 is 5.97 Å². The number of hydrogen-bond donors (Lipinski definition) is 0. The van der Waals surface area contributed by atoms with E-state index >= 15 is 0 Å². The highest BCUT2D eigenvalue weighted by Crippen LogP contribution is 2.35. The molecule has 0 spiro atoms. The predicted octanol–water partition coefficient (Wildman–Crippen LogP) is 4.26. The molecule has 0 N–H and O–H groups in total. The number of ether oxygens (including phenoxy) is 5. The smallest absolute Gasteiger partial charge is 0.342 e. The number of benzene rings is 2. The second kappa shape index (κ2) is 9.40. The summed E-state index contributed by atoms with van der Waals surface area (Å²) < 4.78 is 26.3. The molecule has 0 radical (unpaired) electrons. The molecule has 2 aromatic carbocycles. The molecule has 2 rings (SSSR count). The molecule has 0 aliphatic rings. The Bertz CT molecular complexity index is 758. The van der Waals surface area contributed by atoms with E-state index in [1.165, 1.54) is 27.4 Å². The fraction of sp³-hybridized carbons (Fsp3) is 0.278. The van der Waals surface area contributed by atoms with E-state index in [0.717, 1.165) is 0 Å². The van der Waals surface area contributed by atoms with E-state index in [4.69, 9.17) is 46.9 Å². The molecule has 0 aliphatic heterocycles. The summed E-state index contributed by atoms with van der Waals surface area (Å²) in [5.74, 6) is 0.895. The van der Waals surface area contributed by atoms with E-state index in [9.17, 15) is 4.79 Å². The van der Waals surface area contributed by atoms with Crippen LogP contribution in [0, 0.1) is 0 Å². The SMILES string of the molecule is COc1cc(OC)c(C(=O)OCCOc2c(Cl)cccc2Cl)cc1OC. The second-order valence-corrected chi connectivity index (χ2v) is 5.76. The van der Waals surface area contributed by atoms with Gasteiger partial charge in [-0.2, -0.15) is 0 Å². The van der Waals surface area contributed by atoms with Crippen LogP contribution in [-0.4, -0.2) is 40.5 Å². The standard InChI is InChI=1S/C18H18Cl2O6/c1-22-14-10-16(24-3)15(23-2)9-11(14)18(21)26-8-7-25-17-12(19)5-4-6-13(17)20/h4-6,9-10H,7-8H2,1-3H3. The van der Waals surface area contributed by atoms with E-state index in [2.05, 4.69) is 0 Å². The van der Waals surface area contributed by atoms with Gasteiger partial charge < -0.3 is 23.7 Å². The summed E-state index contributed by atoms with van der Waals surface area (Å²) >= 11 is 12.0. The molecule has 0 atom stereocenters. The monoisotopic (exact) mass is 400 g/mol. The summed E-state index contributed by atoms with van der Waals surface area (Å²) in [6.45, 7) is 0.0860. The van der Waals surface area contributed by atoms with Crippen molar-refractivity contribution < 1.29 is 28.5 Å². The maximum absolute atomic E-state index is 12.3. The number of carbonyl (C=O) groups is 1. The summed E-state index contributed by atoms with van der Waals surface area (Å²) in [6, 6.07) is 8.06. The van der Waals surface area contributed by atoms with E-state index in [-0.39, 0.29) is 18.8 Å². The third-order valence-corrected chi connectivity index (χ3v) is 4.00. The van der Waals surface area contributed by atoms with Crippen molar-refractivity contribution in [3.8, 4) is 23.0 Å². The van der Waals surface area contributed by atoms with Crippen molar-refractivity contribution in [3.05, 3.63) is 45.9 Å². The normalized spacial score (nSPS) is 10.2. The van der Waals surface area contributed by atoms with E-state index in [0.29, 0.717) is 33.0 Å². The lowest BCUT2D eigenvalue weighted by Crippen LogP contribution is -2.13. The van der Waals surface area contributed by atoms with Gasteiger partial charge in [0.1, 0.15) is 24.5 Å². The number of carbonyl (C=O) groups excluding carboxylic acids is 1. The first-order chi connectivity index (χ1) is 12.5. The van der Waals surface area contributed by atoms with Gasteiger partial charge in [-0.1, -0.05) is 29.3 Å². The molecule has 0 aliphatic carbocycles. The van der Waals surface area contributed by atoms with Crippen molar-refractivity contribution in [2.45, 2.75) is 0 Å².